The molecule has 1 spiro atoms. The van der Waals surface area contributed by atoms with E-state index in [0.717, 1.165) is 49.1 Å². The predicted molar refractivity (Wildman–Crippen MR) is 108 cm³/mol. The van der Waals surface area contributed by atoms with E-state index in [-0.39, 0.29) is 15.5 Å². The molecule has 13 rings (SSSR count). The SMILES string of the molecule is O=C(c1ccccc1)c1c([C]23[CH]4[CH]5[CH]6[CH]2[Fe]56432789[CH]3[CH]2[CH]7[CH]8[CH]39)oc2ccccc2c1=O. The van der Waals surface area contributed by atoms with Crippen LogP contribution in [-0.2, 0) is 10.8 Å². The second kappa shape index (κ2) is 1.57. The van der Waals surface area contributed by atoms with Gasteiger partial charge in [-0.1, -0.05) is 0 Å². The van der Waals surface area contributed by atoms with E-state index < -0.39 is 6.51 Å². The normalized spacial score (nSPS) is 72.5. The molecule has 30 heavy (non-hydrogen) atoms. The first-order valence-electron chi connectivity index (χ1n) is 11.3. The molecule has 4 unspecified atom stereocenters. The molecule has 3 nitrogen and oxygen atoms in total. The molecule has 4 atom stereocenters. The van der Waals surface area contributed by atoms with Crippen LogP contribution in [0, 0.1) is 0 Å². The molecule has 0 aliphatic carbocycles. The van der Waals surface area contributed by atoms with Crippen LogP contribution in [0.3, 0.4) is 0 Å². The number of ketones is 1. The van der Waals surface area contributed by atoms with Crippen LogP contribution in [0.15, 0.2) is 63.8 Å². The second-order valence-electron chi connectivity index (χ2n) is 14.0. The Bertz CT molecular complexity index is 1900. The summed E-state index contributed by atoms with van der Waals surface area (Å²) in [6, 6.07) is 17.0. The van der Waals surface area contributed by atoms with E-state index in [1.54, 1.807) is 0 Å². The van der Waals surface area contributed by atoms with Gasteiger partial charge in [0, 0.05) is 0 Å². The zero-order chi connectivity index (χ0) is 19.1. The molecule has 10 aliphatic rings. The Morgan fingerprint density at radius 3 is 1.97 bits per heavy atom. The first kappa shape index (κ1) is 12.6. The van der Waals surface area contributed by atoms with E-state index in [2.05, 4.69) is 0 Å². The van der Waals surface area contributed by atoms with Gasteiger partial charge in [-0.05, 0) is 0 Å². The minimum absolute atomic E-state index is 0.0864. The molecule has 0 amide bonds. The molecule has 1 aromatic heterocycles. The van der Waals surface area contributed by atoms with Crippen LogP contribution < -0.4 is 5.43 Å². The van der Waals surface area contributed by atoms with Crippen molar-refractivity contribution >= 4 is 16.8 Å². The molecule has 4 heteroatoms. The second-order valence-corrected chi connectivity index (χ2v) is 37.6. The van der Waals surface area contributed by atoms with Crippen LogP contribution in [0.2, 0.25) is 43.3 Å². The number of benzene rings is 2. The van der Waals surface area contributed by atoms with E-state index in [9.17, 15) is 9.59 Å². The predicted octanol–water partition coefficient (Wildman–Crippen LogP) is 5.82. The molecule has 148 valence electrons. The van der Waals surface area contributed by atoms with E-state index in [0.29, 0.717) is 22.1 Å². The van der Waals surface area contributed by atoms with Crippen LogP contribution in [0.1, 0.15) is 21.7 Å². The summed E-state index contributed by atoms with van der Waals surface area (Å²) in [5, 5.41) is 0.562. The first-order chi connectivity index (χ1) is 14.4. The van der Waals surface area contributed by atoms with Crippen molar-refractivity contribution in [2.45, 2.75) is 47.7 Å². The van der Waals surface area contributed by atoms with Crippen molar-refractivity contribution in [1.82, 2.24) is 0 Å². The summed E-state index contributed by atoms with van der Waals surface area (Å²) in [6.07, 6.45) is 0. The van der Waals surface area contributed by atoms with Crippen molar-refractivity contribution in [3.8, 4) is 0 Å². The Morgan fingerprint density at radius 2 is 1.40 bits per heavy atom. The summed E-state index contributed by atoms with van der Waals surface area (Å²) in [4.78, 5) is 37.3. The summed E-state index contributed by atoms with van der Waals surface area (Å²) < 4.78 is 6.99. The van der Waals surface area contributed by atoms with E-state index in [1.165, 1.54) is 0 Å². The van der Waals surface area contributed by atoms with Crippen LogP contribution in [-0.4, -0.2) is 5.78 Å². The third-order valence-corrected chi connectivity index (χ3v) is 60.4. The van der Waals surface area contributed by atoms with Gasteiger partial charge in [-0.15, -0.1) is 0 Å². The Hall–Kier alpha value is -2.16. The van der Waals surface area contributed by atoms with E-state index in [4.69, 9.17) is 4.42 Å². The van der Waals surface area contributed by atoms with Gasteiger partial charge in [0.1, 0.15) is 0 Å². The van der Waals surface area contributed by atoms with Gasteiger partial charge < -0.3 is 0 Å². The number of fused-ring (bicyclic) bond motifs is 11. The fraction of sp³-hybridized carbons (Fsp3) is 0.385. The number of carbonyl (C=O) groups excluding carboxylic acids is 1. The fourth-order valence-electron chi connectivity index (χ4n) is 19.2. The maximum atomic E-state index is 13.8. The first-order valence-corrected chi connectivity index (χ1v) is 17.6. The number of rotatable bonds is 3. The third kappa shape index (κ3) is 0.236. The molecule has 3 aromatic rings. The van der Waals surface area contributed by atoms with E-state index >= 15 is 0 Å². The van der Waals surface area contributed by atoms with Crippen LogP contribution in [0.5, 0.6) is 0 Å². The molecule has 10 fully saturated rings. The minimum atomic E-state index is -3.60. The Kier molecular flexibility index (Phi) is 0.661. The quantitative estimate of drug-likeness (QED) is 0.386. The van der Waals surface area contributed by atoms with Crippen LogP contribution in [0.25, 0.3) is 11.0 Å². The molecule has 0 radical (unpaired) electrons. The number of hydrogen-bond acceptors (Lipinski definition) is 3. The Labute approximate surface area is 161 Å². The summed E-state index contributed by atoms with van der Waals surface area (Å²) in [5.41, 5.74) is 1.63. The van der Waals surface area contributed by atoms with E-state index in [1.807, 2.05) is 54.6 Å². The van der Waals surface area contributed by atoms with Gasteiger partial charge in [0.05, 0.1) is 0 Å². The van der Waals surface area contributed by atoms with Gasteiger partial charge in [-0.2, -0.15) is 0 Å². The summed E-state index contributed by atoms with van der Waals surface area (Å²) >= 11 is 0. The molecular weight excluding hydrogens is 416 g/mol. The van der Waals surface area contributed by atoms with Crippen molar-refractivity contribution < 1.29 is 15.7 Å². The fourth-order valence-corrected chi connectivity index (χ4v) is 93.0. The Morgan fingerprint density at radius 1 is 0.800 bits per heavy atom. The Balaban J connectivity index is 1.24. The van der Waals surface area contributed by atoms with Crippen molar-refractivity contribution in [3.63, 3.8) is 0 Å². The topological polar surface area (TPSA) is 47.3 Å². The summed E-state index contributed by atoms with van der Waals surface area (Å²) in [7, 11) is 0. The number of carbonyl (C=O) groups is 1. The van der Waals surface area contributed by atoms with Crippen LogP contribution in [0.4, 0.5) is 0 Å². The third-order valence-electron chi connectivity index (χ3n) is 18.1. The molecule has 11 heterocycles. The number of para-hydroxylation sites is 1. The summed E-state index contributed by atoms with van der Waals surface area (Å²) in [5.74, 6) is 0.799. The molecule has 10 saturated heterocycles. The van der Waals surface area contributed by atoms with Gasteiger partial charge in [-0.3, -0.25) is 0 Å². The van der Waals surface area contributed by atoms with Crippen molar-refractivity contribution in [2.24, 2.45) is 0 Å². The molecule has 10 aliphatic heterocycles. The van der Waals surface area contributed by atoms with Gasteiger partial charge in [-0.25, -0.2) is 0 Å². The monoisotopic (exact) mass is 434 g/mol. The standard InChI is InChI=1S/C21H13O3.C5H5.Fe/c22-19(14-8-2-1-3-9-14)18-20(23)16-12-6-7-13-17(16)24-21(18)15-10-4-5-11-15;1-2-4-5-3-1;/h1-13H;1-5H;. The molecule has 0 bridgehead atoms. The maximum absolute atomic E-state index is 13.8. The average Bonchev–Trinajstić information content (AvgIpc) is 3.72. The van der Waals surface area contributed by atoms with Crippen molar-refractivity contribution in [3.05, 3.63) is 81.7 Å². The summed E-state index contributed by atoms with van der Waals surface area (Å²) in [6.45, 7) is -3.60. The molecule has 0 saturated carbocycles. The molecular formula is C26H18FeO3. The number of hydrogen-bond donors (Lipinski definition) is 0. The molecule has 0 N–H and O–H groups in total. The van der Waals surface area contributed by atoms with Crippen LogP contribution >= 0.6 is 0 Å². The van der Waals surface area contributed by atoms with Crippen molar-refractivity contribution in [1.29, 1.82) is 0 Å². The van der Waals surface area contributed by atoms with Gasteiger partial charge >= 0.3 is 162 Å². The zero-order valence-corrected chi connectivity index (χ0v) is 17.1. The van der Waals surface area contributed by atoms with Gasteiger partial charge in [0.2, 0.25) is 0 Å². The van der Waals surface area contributed by atoms with Gasteiger partial charge in [0.15, 0.2) is 0 Å². The van der Waals surface area contributed by atoms with Gasteiger partial charge in [0.25, 0.3) is 0 Å². The molecule has 2 aromatic carbocycles. The van der Waals surface area contributed by atoms with Crippen molar-refractivity contribution in [2.75, 3.05) is 0 Å². The average molecular weight is 434 g/mol. The zero-order valence-electron chi connectivity index (χ0n) is 16.0.